The van der Waals surface area contributed by atoms with Crippen molar-refractivity contribution in [2.24, 2.45) is 0 Å². The molecule has 0 aromatic heterocycles. The number of benzene rings is 2. The fourth-order valence-corrected chi connectivity index (χ4v) is 2.91. The average molecular weight is 341 g/mol. The van der Waals surface area contributed by atoms with Crippen molar-refractivity contribution >= 4 is 17.6 Å². The van der Waals surface area contributed by atoms with Crippen LogP contribution < -0.4 is 14.4 Å². The van der Waals surface area contributed by atoms with E-state index in [1.165, 1.54) is 6.92 Å². The zero-order valence-electron chi connectivity index (χ0n) is 14.3. The normalized spacial score (nSPS) is 19.2. The molecule has 1 saturated heterocycles. The smallest absolute Gasteiger partial charge is 0.303 e. The van der Waals surface area contributed by atoms with Gasteiger partial charge in [0.1, 0.15) is 17.5 Å². The Morgan fingerprint density at radius 2 is 1.44 bits per heavy atom. The first kappa shape index (κ1) is 16.8. The molecule has 3 rings (SSSR count). The van der Waals surface area contributed by atoms with Gasteiger partial charge in [-0.3, -0.25) is 14.5 Å². The van der Waals surface area contributed by atoms with Crippen LogP contribution in [0.25, 0.3) is 0 Å². The lowest BCUT2D eigenvalue weighted by Gasteiger charge is -2.46. The van der Waals surface area contributed by atoms with Crippen LogP contribution in [0.2, 0.25) is 0 Å². The van der Waals surface area contributed by atoms with Crippen LogP contribution in [0.5, 0.6) is 11.5 Å². The molecule has 2 atom stereocenters. The summed E-state index contributed by atoms with van der Waals surface area (Å²) in [7, 11) is 3.17. The van der Waals surface area contributed by atoms with Crippen molar-refractivity contribution in [2.45, 2.75) is 19.1 Å². The van der Waals surface area contributed by atoms with E-state index in [1.54, 1.807) is 43.4 Å². The maximum Gasteiger partial charge on any atom is 0.303 e. The van der Waals surface area contributed by atoms with E-state index in [2.05, 4.69) is 0 Å². The molecule has 0 saturated carbocycles. The quantitative estimate of drug-likeness (QED) is 0.618. The summed E-state index contributed by atoms with van der Waals surface area (Å²) in [6.07, 6.45) is -0.826. The third kappa shape index (κ3) is 3.15. The Kier molecular flexibility index (Phi) is 4.61. The van der Waals surface area contributed by atoms with Crippen LogP contribution in [0.1, 0.15) is 18.5 Å². The predicted octanol–water partition coefficient (Wildman–Crippen LogP) is 2.72. The van der Waals surface area contributed by atoms with Crippen LogP contribution in [-0.4, -0.2) is 32.2 Å². The molecule has 0 unspecified atom stereocenters. The highest BCUT2D eigenvalue weighted by Crippen LogP contribution is 2.41. The summed E-state index contributed by atoms with van der Waals surface area (Å²) in [5.74, 6) is 0.691. The van der Waals surface area contributed by atoms with E-state index in [9.17, 15) is 9.59 Å². The summed E-state index contributed by atoms with van der Waals surface area (Å²) in [6, 6.07) is 14.2. The fraction of sp³-hybridized carbons (Fsp3) is 0.263. The highest BCUT2D eigenvalue weighted by Gasteiger charge is 2.51. The summed E-state index contributed by atoms with van der Waals surface area (Å²) in [4.78, 5) is 25.5. The fourth-order valence-electron chi connectivity index (χ4n) is 2.91. The Labute approximate surface area is 145 Å². The van der Waals surface area contributed by atoms with E-state index < -0.39 is 12.1 Å². The molecule has 25 heavy (non-hydrogen) atoms. The SMILES string of the molecule is COc1ccc([C@@H]2[C@H](OC(C)=O)C(=O)N2c2ccc(OC)cc2)cc1. The highest BCUT2D eigenvalue weighted by atomic mass is 16.6. The number of ether oxygens (including phenoxy) is 3. The van der Waals surface area contributed by atoms with Gasteiger partial charge in [-0.05, 0) is 42.0 Å². The third-order valence-electron chi connectivity index (χ3n) is 4.15. The van der Waals surface area contributed by atoms with Crippen LogP contribution in [-0.2, 0) is 14.3 Å². The summed E-state index contributed by atoms with van der Waals surface area (Å²) in [5, 5.41) is 0. The van der Waals surface area contributed by atoms with Crippen LogP contribution >= 0.6 is 0 Å². The second kappa shape index (κ2) is 6.84. The lowest BCUT2D eigenvalue weighted by atomic mass is 9.89. The Morgan fingerprint density at radius 3 is 1.92 bits per heavy atom. The number of hydrogen-bond acceptors (Lipinski definition) is 5. The van der Waals surface area contributed by atoms with Gasteiger partial charge in [-0.25, -0.2) is 0 Å². The second-order valence-electron chi connectivity index (χ2n) is 5.65. The van der Waals surface area contributed by atoms with E-state index in [4.69, 9.17) is 14.2 Å². The summed E-state index contributed by atoms with van der Waals surface area (Å²) < 4.78 is 15.6. The standard InChI is InChI=1S/C19H19NO5/c1-12(21)25-18-17(13-4-8-15(23-2)9-5-13)20(19(18)22)14-6-10-16(24-3)11-7-14/h4-11,17-18H,1-3H3/t17-,18+/m1/s1. The van der Waals surface area contributed by atoms with Gasteiger partial charge in [0.25, 0.3) is 5.91 Å². The molecule has 0 bridgehead atoms. The Hall–Kier alpha value is -3.02. The summed E-state index contributed by atoms with van der Waals surface area (Å²) >= 11 is 0. The van der Waals surface area contributed by atoms with Crippen molar-refractivity contribution < 1.29 is 23.8 Å². The molecule has 130 valence electrons. The molecule has 0 spiro atoms. The molecule has 0 N–H and O–H groups in total. The van der Waals surface area contributed by atoms with Gasteiger partial charge in [0.2, 0.25) is 6.10 Å². The Morgan fingerprint density at radius 1 is 0.920 bits per heavy atom. The number of methoxy groups -OCH3 is 2. The number of nitrogens with zero attached hydrogens (tertiary/aromatic N) is 1. The largest absolute Gasteiger partial charge is 0.497 e. The summed E-state index contributed by atoms with van der Waals surface area (Å²) in [6.45, 7) is 1.30. The van der Waals surface area contributed by atoms with Crippen molar-refractivity contribution in [3.63, 3.8) is 0 Å². The van der Waals surface area contributed by atoms with Gasteiger partial charge < -0.3 is 14.2 Å². The Bertz CT molecular complexity index is 769. The molecule has 1 fully saturated rings. The maximum absolute atomic E-state index is 12.6. The first-order valence-corrected chi connectivity index (χ1v) is 7.83. The number of hydrogen-bond donors (Lipinski definition) is 0. The molecule has 2 aromatic rings. The van der Waals surface area contributed by atoms with E-state index >= 15 is 0 Å². The molecule has 1 heterocycles. The average Bonchev–Trinajstić information content (AvgIpc) is 2.64. The minimum atomic E-state index is -0.826. The van der Waals surface area contributed by atoms with Gasteiger partial charge in [0.15, 0.2) is 0 Å². The molecule has 1 amide bonds. The molecule has 0 radical (unpaired) electrons. The molecule has 6 heteroatoms. The highest BCUT2D eigenvalue weighted by molar-refractivity contribution is 6.06. The minimum absolute atomic E-state index is 0.249. The van der Waals surface area contributed by atoms with Crippen molar-refractivity contribution in [3.8, 4) is 11.5 Å². The minimum Gasteiger partial charge on any atom is -0.497 e. The third-order valence-corrected chi connectivity index (χ3v) is 4.15. The number of carbonyl (C=O) groups is 2. The monoisotopic (exact) mass is 341 g/mol. The number of β-lactam (4-membered cyclic amide) rings is 1. The Balaban J connectivity index is 1.94. The first-order chi connectivity index (χ1) is 12.0. The van der Waals surface area contributed by atoms with Crippen molar-refractivity contribution in [2.75, 3.05) is 19.1 Å². The molecular weight excluding hydrogens is 322 g/mol. The first-order valence-electron chi connectivity index (χ1n) is 7.83. The molecule has 1 aliphatic heterocycles. The van der Waals surface area contributed by atoms with E-state index in [0.29, 0.717) is 5.75 Å². The lowest BCUT2D eigenvalue weighted by Crippen LogP contribution is -2.60. The molecular formula is C19H19NO5. The summed E-state index contributed by atoms with van der Waals surface area (Å²) in [5.41, 5.74) is 1.58. The molecule has 1 aliphatic rings. The van der Waals surface area contributed by atoms with Gasteiger partial charge in [0.05, 0.1) is 14.2 Å². The van der Waals surface area contributed by atoms with Gasteiger partial charge in [-0.15, -0.1) is 0 Å². The number of esters is 1. The number of rotatable bonds is 5. The van der Waals surface area contributed by atoms with Gasteiger partial charge in [0, 0.05) is 12.6 Å². The molecule has 0 aliphatic carbocycles. The molecule has 2 aromatic carbocycles. The number of amides is 1. The van der Waals surface area contributed by atoms with Crippen LogP contribution in [0.4, 0.5) is 5.69 Å². The zero-order chi connectivity index (χ0) is 18.0. The maximum atomic E-state index is 12.6. The van der Waals surface area contributed by atoms with Gasteiger partial charge >= 0.3 is 5.97 Å². The predicted molar refractivity (Wildman–Crippen MR) is 91.8 cm³/mol. The zero-order valence-corrected chi connectivity index (χ0v) is 14.3. The van der Waals surface area contributed by atoms with E-state index in [0.717, 1.165) is 17.0 Å². The van der Waals surface area contributed by atoms with Gasteiger partial charge in [-0.2, -0.15) is 0 Å². The van der Waals surface area contributed by atoms with Crippen LogP contribution in [0.3, 0.4) is 0 Å². The van der Waals surface area contributed by atoms with Crippen molar-refractivity contribution in [3.05, 3.63) is 54.1 Å². The van der Waals surface area contributed by atoms with E-state index in [-0.39, 0.29) is 11.9 Å². The van der Waals surface area contributed by atoms with Crippen LogP contribution in [0, 0.1) is 0 Å². The lowest BCUT2D eigenvalue weighted by molar-refractivity contribution is -0.160. The second-order valence-corrected chi connectivity index (χ2v) is 5.65. The van der Waals surface area contributed by atoms with Crippen molar-refractivity contribution in [1.82, 2.24) is 0 Å². The topological polar surface area (TPSA) is 65.1 Å². The van der Waals surface area contributed by atoms with Crippen LogP contribution in [0.15, 0.2) is 48.5 Å². The van der Waals surface area contributed by atoms with Gasteiger partial charge in [-0.1, -0.05) is 12.1 Å². The van der Waals surface area contributed by atoms with Crippen molar-refractivity contribution in [1.29, 1.82) is 0 Å². The number of anilines is 1. The number of carbonyl (C=O) groups excluding carboxylic acids is 2. The molecule has 6 nitrogen and oxygen atoms in total. The van der Waals surface area contributed by atoms with E-state index in [1.807, 2.05) is 24.3 Å².